The molecule has 0 amide bonds. The molecule has 3 rings (SSSR count). The second-order valence-electron chi connectivity index (χ2n) is 6.53. The van der Waals surface area contributed by atoms with Gasteiger partial charge in [-0.2, -0.15) is 0 Å². The van der Waals surface area contributed by atoms with E-state index in [-0.39, 0.29) is 4.90 Å². The van der Waals surface area contributed by atoms with E-state index in [9.17, 15) is 13.2 Å². The number of thiophene rings is 1. The quantitative estimate of drug-likeness (QED) is 0.759. The summed E-state index contributed by atoms with van der Waals surface area (Å²) in [6.45, 7) is 3.56. The van der Waals surface area contributed by atoms with Gasteiger partial charge in [-0.1, -0.05) is 0 Å². The lowest BCUT2D eigenvalue weighted by atomic mass is 9.95. The number of nitrogens with one attached hydrogen (secondary N) is 1. The van der Waals surface area contributed by atoms with E-state index in [0.717, 1.165) is 41.7 Å². The van der Waals surface area contributed by atoms with Crippen LogP contribution in [-0.2, 0) is 27.6 Å². The van der Waals surface area contributed by atoms with Gasteiger partial charge in [0.1, 0.15) is 10.8 Å². The van der Waals surface area contributed by atoms with Gasteiger partial charge in [0.2, 0.25) is 0 Å². The third-order valence-electron chi connectivity index (χ3n) is 4.99. The topological polar surface area (TPSA) is 81.7 Å². The van der Waals surface area contributed by atoms with Gasteiger partial charge in [0.15, 0.2) is 0 Å². The number of carbonyl (C=O) groups is 1. The monoisotopic (exact) mass is 409 g/mol. The van der Waals surface area contributed by atoms with Crippen LogP contribution in [0.3, 0.4) is 0 Å². The molecule has 0 spiro atoms. The Morgan fingerprint density at radius 3 is 2.48 bits per heavy atom. The number of esters is 1. The normalized spacial score (nSPS) is 13.8. The maximum Gasteiger partial charge on any atom is 0.341 e. The van der Waals surface area contributed by atoms with Crippen LogP contribution in [0.4, 0.5) is 5.00 Å². The summed E-state index contributed by atoms with van der Waals surface area (Å²) in [7, 11) is -0.999. The maximum atomic E-state index is 13.1. The molecule has 0 fully saturated rings. The molecule has 1 aromatic heterocycles. The molecular weight excluding hydrogens is 386 g/mol. The van der Waals surface area contributed by atoms with Gasteiger partial charge in [0.05, 0.1) is 24.7 Å². The van der Waals surface area contributed by atoms with Crippen LogP contribution in [0.25, 0.3) is 0 Å². The maximum absolute atomic E-state index is 13.1. The first kappa shape index (κ1) is 19.7. The van der Waals surface area contributed by atoms with Crippen LogP contribution in [0, 0.1) is 13.8 Å². The summed E-state index contributed by atoms with van der Waals surface area (Å²) in [6.07, 6.45) is 3.64. The zero-order chi connectivity index (χ0) is 19.8. The number of carbonyl (C=O) groups excluding carboxylic acids is 1. The molecule has 1 heterocycles. The highest BCUT2D eigenvalue weighted by Gasteiger charge is 2.29. The van der Waals surface area contributed by atoms with E-state index in [2.05, 4.69) is 4.72 Å². The highest BCUT2D eigenvalue weighted by atomic mass is 32.2. The number of benzene rings is 1. The molecular formula is C19H23NO5S2. The number of hydrogen-bond acceptors (Lipinski definition) is 6. The average Bonchev–Trinajstić information content (AvgIpc) is 3.00. The molecule has 0 saturated heterocycles. The van der Waals surface area contributed by atoms with Crippen LogP contribution >= 0.6 is 11.3 Å². The predicted molar refractivity (Wildman–Crippen MR) is 106 cm³/mol. The number of hydrogen-bond donors (Lipinski definition) is 1. The Bertz CT molecular complexity index is 992. The molecule has 0 radical (unpaired) electrons. The van der Waals surface area contributed by atoms with E-state index in [1.165, 1.54) is 24.5 Å². The van der Waals surface area contributed by atoms with Gasteiger partial charge in [0, 0.05) is 4.88 Å². The lowest BCUT2D eigenvalue weighted by Crippen LogP contribution is -2.17. The summed E-state index contributed by atoms with van der Waals surface area (Å²) in [4.78, 5) is 13.6. The molecule has 0 unspecified atom stereocenters. The lowest BCUT2D eigenvalue weighted by Gasteiger charge is -2.14. The predicted octanol–water partition coefficient (Wildman–Crippen LogP) is 3.84. The van der Waals surface area contributed by atoms with Gasteiger partial charge in [-0.05, 0) is 68.4 Å². The summed E-state index contributed by atoms with van der Waals surface area (Å²) < 4.78 is 38.9. The van der Waals surface area contributed by atoms with Gasteiger partial charge in [0.25, 0.3) is 10.0 Å². The van der Waals surface area contributed by atoms with E-state index in [1.54, 1.807) is 20.1 Å². The molecule has 0 bridgehead atoms. The highest BCUT2D eigenvalue weighted by molar-refractivity contribution is 7.93. The molecule has 6 nitrogen and oxygen atoms in total. The van der Waals surface area contributed by atoms with Crippen LogP contribution in [-0.4, -0.2) is 28.6 Å². The van der Waals surface area contributed by atoms with Crippen molar-refractivity contribution in [1.29, 1.82) is 0 Å². The number of ether oxygens (including phenoxy) is 2. The first-order chi connectivity index (χ1) is 12.8. The van der Waals surface area contributed by atoms with E-state index in [4.69, 9.17) is 9.47 Å². The van der Waals surface area contributed by atoms with Crippen LogP contribution in [0.1, 0.15) is 44.8 Å². The zero-order valence-corrected chi connectivity index (χ0v) is 17.5. The minimum Gasteiger partial charge on any atom is -0.496 e. The van der Waals surface area contributed by atoms with E-state index >= 15 is 0 Å². The minimum atomic E-state index is -3.86. The Balaban J connectivity index is 2.06. The molecule has 1 aromatic carbocycles. The second-order valence-corrected chi connectivity index (χ2v) is 9.28. The van der Waals surface area contributed by atoms with Gasteiger partial charge >= 0.3 is 5.97 Å². The average molecular weight is 410 g/mol. The number of methoxy groups -OCH3 is 2. The Morgan fingerprint density at radius 1 is 1.11 bits per heavy atom. The SMILES string of the molecule is COC(=O)c1c(NS(=O)(=O)c2ccc(OC)c(C)c2C)sc2c1CCCC2. The summed E-state index contributed by atoms with van der Waals surface area (Å²) >= 11 is 1.33. The number of sulfonamides is 1. The molecule has 27 heavy (non-hydrogen) atoms. The summed E-state index contributed by atoms with van der Waals surface area (Å²) in [5, 5.41) is 0.335. The number of aryl methyl sites for hydroxylation is 1. The minimum absolute atomic E-state index is 0.169. The second kappa shape index (κ2) is 7.52. The Labute approximate surface area is 163 Å². The van der Waals surface area contributed by atoms with Crippen molar-refractivity contribution in [3.63, 3.8) is 0 Å². The summed E-state index contributed by atoms with van der Waals surface area (Å²) in [6, 6.07) is 3.16. The Hall–Kier alpha value is -2.06. The van der Waals surface area contributed by atoms with Crippen molar-refractivity contribution >= 4 is 32.3 Å². The fourth-order valence-electron chi connectivity index (χ4n) is 3.42. The zero-order valence-electron chi connectivity index (χ0n) is 15.8. The molecule has 0 aliphatic heterocycles. The smallest absolute Gasteiger partial charge is 0.341 e. The van der Waals surface area contributed by atoms with Gasteiger partial charge in [-0.3, -0.25) is 4.72 Å². The molecule has 8 heteroatoms. The standard InChI is InChI=1S/C19H23NO5S2/c1-11-12(2)16(10-9-14(11)24-3)27(22,23)20-18-17(19(21)25-4)13-7-5-6-8-15(13)26-18/h9-10,20H,5-8H2,1-4H3. The van der Waals surface area contributed by atoms with E-state index < -0.39 is 16.0 Å². The summed E-state index contributed by atoms with van der Waals surface area (Å²) in [5.74, 6) is 0.128. The lowest BCUT2D eigenvalue weighted by molar-refractivity contribution is 0.0601. The molecule has 0 saturated carbocycles. The molecule has 146 valence electrons. The van der Waals surface area contributed by atoms with Gasteiger partial charge in [-0.15, -0.1) is 11.3 Å². The van der Waals surface area contributed by atoms with Crippen molar-refractivity contribution in [2.24, 2.45) is 0 Å². The summed E-state index contributed by atoms with van der Waals surface area (Å²) in [5.41, 5.74) is 2.64. The fourth-order valence-corrected chi connectivity index (χ4v) is 6.30. The molecule has 1 aliphatic rings. The number of fused-ring (bicyclic) bond motifs is 1. The van der Waals surface area contributed by atoms with Crippen molar-refractivity contribution in [2.75, 3.05) is 18.9 Å². The Kier molecular flexibility index (Phi) is 5.48. The third kappa shape index (κ3) is 3.55. The number of rotatable bonds is 5. The highest BCUT2D eigenvalue weighted by Crippen LogP contribution is 2.40. The van der Waals surface area contributed by atoms with Crippen LogP contribution in [0.15, 0.2) is 17.0 Å². The first-order valence-electron chi connectivity index (χ1n) is 8.70. The fraction of sp³-hybridized carbons (Fsp3) is 0.421. The number of anilines is 1. The first-order valence-corrected chi connectivity index (χ1v) is 11.0. The van der Waals surface area contributed by atoms with Gasteiger partial charge in [-0.25, -0.2) is 13.2 Å². The van der Waals surface area contributed by atoms with Crippen LogP contribution in [0.2, 0.25) is 0 Å². The van der Waals surface area contributed by atoms with Crippen molar-refractivity contribution in [3.8, 4) is 5.75 Å². The van der Waals surface area contributed by atoms with E-state index in [0.29, 0.717) is 21.9 Å². The van der Waals surface area contributed by atoms with Crippen molar-refractivity contribution in [2.45, 2.75) is 44.4 Å². The van der Waals surface area contributed by atoms with E-state index in [1.807, 2.05) is 6.92 Å². The molecule has 1 aliphatic carbocycles. The van der Waals surface area contributed by atoms with Crippen molar-refractivity contribution in [3.05, 3.63) is 39.3 Å². The molecule has 1 N–H and O–H groups in total. The molecule has 0 atom stereocenters. The third-order valence-corrected chi connectivity index (χ3v) is 7.82. The van der Waals surface area contributed by atoms with Gasteiger partial charge < -0.3 is 9.47 Å². The largest absolute Gasteiger partial charge is 0.496 e. The molecule has 2 aromatic rings. The van der Waals surface area contributed by atoms with Crippen molar-refractivity contribution in [1.82, 2.24) is 0 Å². The Morgan fingerprint density at radius 2 is 1.81 bits per heavy atom. The van der Waals surface area contributed by atoms with Crippen molar-refractivity contribution < 1.29 is 22.7 Å². The van der Waals surface area contributed by atoms with Crippen LogP contribution in [0.5, 0.6) is 5.75 Å². The van der Waals surface area contributed by atoms with Crippen LogP contribution < -0.4 is 9.46 Å².